The lowest BCUT2D eigenvalue weighted by molar-refractivity contribution is -0.135. The third kappa shape index (κ3) is 3.95. The van der Waals surface area contributed by atoms with Crippen molar-refractivity contribution >= 4 is 5.91 Å². The van der Waals surface area contributed by atoms with Crippen LogP contribution in [0.25, 0.3) is 0 Å². The second-order valence-corrected chi connectivity index (χ2v) is 6.86. The van der Waals surface area contributed by atoms with Crippen LogP contribution in [0.15, 0.2) is 0 Å². The molecule has 1 amide bonds. The highest BCUT2D eigenvalue weighted by Crippen LogP contribution is 2.29. The summed E-state index contributed by atoms with van der Waals surface area (Å²) in [6.45, 7) is 5.18. The van der Waals surface area contributed by atoms with Crippen LogP contribution in [-0.4, -0.2) is 54.0 Å². The van der Waals surface area contributed by atoms with Crippen molar-refractivity contribution in [1.29, 1.82) is 0 Å². The Balaban J connectivity index is 1.98. The first kappa shape index (κ1) is 15.8. The van der Waals surface area contributed by atoms with Crippen molar-refractivity contribution < 1.29 is 4.79 Å². The van der Waals surface area contributed by atoms with Crippen LogP contribution in [-0.2, 0) is 4.79 Å². The van der Waals surface area contributed by atoms with E-state index in [-0.39, 0.29) is 11.4 Å². The molecule has 1 saturated heterocycles. The molecule has 1 atom stereocenters. The fourth-order valence-electron chi connectivity index (χ4n) is 3.76. The smallest absolute Gasteiger partial charge is 0.224 e. The zero-order valence-corrected chi connectivity index (χ0v) is 13.2. The van der Waals surface area contributed by atoms with E-state index in [0.29, 0.717) is 12.5 Å². The summed E-state index contributed by atoms with van der Waals surface area (Å²) < 4.78 is 0. The lowest BCUT2D eigenvalue weighted by Crippen LogP contribution is -2.50. The summed E-state index contributed by atoms with van der Waals surface area (Å²) in [6.07, 6.45) is 8.34. The van der Waals surface area contributed by atoms with Crippen molar-refractivity contribution in [3.63, 3.8) is 0 Å². The van der Waals surface area contributed by atoms with E-state index in [0.717, 1.165) is 45.3 Å². The fraction of sp³-hybridized carbons (Fsp3) is 0.938. The molecule has 0 aromatic rings. The van der Waals surface area contributed by atoms with Crippen LogP contribution >= 0.6 is 0 Å². The highest BCUT2D eigenvalue weighted by atomic mass is 16.2. The van der Waals surface area contributed by atoms with Crippen molar-refractivity contribution in [3.05, 3.63) is 0 Å². The van der Waals surface area contributed by atoms with E-state index < -0.39 is 0 Å². The molecule has 0 aromatic heterocycles. The minimum Gasteiger partial charge on any atom is -0.338 e. The van der Waals surface area contributed by atoms with Gasteiger partial charge in [-0.05, 0) is 39.3 Å². The molecule has 4 nitrogen and oxygen atoms in total. The van der Waals surface area contributed by atoms with E-state index in [1.807, 2.05) is 0 Å². The molecule has 20 heavy (non-hydrogen) atoms. The normalized spacial score (nSPS) is 28.1. The van der Waals surface area contributed by atoms with E-state index >= 15 is 0 Å². The monoisotopic (exact) mass is 281 g/mol. The minimum absolute atomic E-state index is 0.230. The highest BCUT2D eigenvalue weighted by molar-refractivity contribution is 5.78. The summed E-state index contributed by atoms with van der Waals surface area (Å²) in [5, 5.41) is 0. The van der Waals surface area contributed by atoms with E-state index in [2.05, 4.69) is 23.8 Å². The first-order chi connectivity index (χ1) is 9.54. The SMILES string of the molecule is CCC1CN(C)CCCN1C(=O)CC1(N)CCCCC1. The molecule has 1 heterocycles. The topological polar surface area (TPSA) is 49.6 Å². The number of likely N-dealkylation sites (N-methyl/N-ethyl adjacent to an activating group) is 1. The van der Waals surface area contributed by atoms with Gasteiger partial charge >= 0.3 is 0 Å². The third-order valence-electron chi connectivity index (χ3n) is 5.05. The Morgan fingerprint density at radius 2 is 1.90 bits per heavy atom. The molecule has 1 saturated carbocycles. The van der Waals surface area contributed by atoms with Gasteiger partial charge in [-0.25, -0.2) is 0 Å². The second-order valence-electron chi connectivity index (χ2n) is 6.86. The summed E-state index contributed by atoms with van der Waals surface area (Å²) in [6, 6.07) is 0.363. The average Bonchev–Trinajstić information content (AvgIpc) is 2.60. The molecule has 2 fully saturated rings. The van der Waals surface area contributed by atoms with Gasteiger partial charge in [-0.2, -0.15) is 0 Å². The summed E-state index contributed by atoms with van der Waals surface area (Å²) in [4.78, 5) is 17.2. The average molecular weight is 281 g/mol. The quantitative estimate of drug-likeness (QED) is 0.860. The van der Waals surface area contributed by atoms with Gasteiger partial charge in [0.1, 0.15) is 0 Å². The number of amides is 1. The van der Waals surface area contributed by atoms with Gasteiger partial charge in [0.15, 0.2) is 0 Å². The van der Waals surface area contributed by atoms with Gasteiger partial charge in [0, 0.05) is 31.1 Å². The van der Waals surface area contributed by atoms with Crippen LogP contribution in [0.5, 0.6) is 0 Å². The Morgan fingerprint density at radius 3 is 2.55 bits per heavy atom. The number of rotatable bonds is 3. The largest absolute Gasteiger partial charge is 0.338 e. The Labute approximate surface area is 123 Å². The Bertz CT molecular complexity index is 326. The maximum absolute atomic E-state index is 12.7. The van der Waals surface area contributed by atoms with Crippen molar-refractivity contribution in [2.45, 2.75) is 69.9 Å². The predicted molar refractivity (Wildman–Crippen MR) is 82.5 cm³/mol. The molecule has 2 rings (SSSR count). The van der Waals surface area contributed by atoms with Gasteiger partial charge < -0.3 is 15.5 Å². The zero-order chi connectivity index (χ0) is 14.6. The molecule has 0 spiro atoms. The molecule has 116 valence electrons. The summed E-state index contributed by atoms with van der Waals surface area (Å²) in [7, 11) is 2.15. The summed E-state index contributed by atoms with van der Waals surface area (Å²) in [5.74, 6) is 0.288. The number of hydrogen-bond acceptors (Lipinski definition) is 3. The van der Waals surface area contributed by atoms with E-state index in [9.17, 15) is 4.79 Å². The lowest BCUT2D eigenvalue weighted by atomic mass is 9.80. The van der Waals surface area contributed by atoms with Crippen molar-refractivity contribution in [2.75, 3.05) is 26.7 Å². The van der Waals surface area contributed by atoms with E-state index in [1.165, 1.54) is 19.3 Å². The van der Waals surface area contributed by atoms with Crippen LogP contribution < -0.4 is 5.73 Å². The number of nitrogens with two attached hydrogens (primary N) is 1. The van der Waals surface area contributed by atoms with Crippen LogP contribution in [0.4, 0.5) is 0 Å². The third-order valence-corrected chi connectivity index (χ3v) is 5.05. The minimum atomic E-state index is -0.230. The molecule has 1 aliphatic heterocycles. The zero-order valence-electron chi connectivity index (χ0n) is 13.2. The standard InChI is InChI=1S/C16H31N3O/c1-3-14-13-18(2)10-7-11-19(14)15(20)12-16(17)8-5-4-6-9-16/h14H,3-13,17H2,1-2H3. The summed E-state index contributed by atoms with van der Waals surface area (Å²) in [5.41, 5.74) is 6.23. The van der Waals surface area contributed by atoms with E-state index in [4.69, 9.17) is 5.73 Å². The molecule has 4 heteroatoms. The van der Waals surface area contributed by atoms with Gasteiger partial charge in [-0.1, -0.05) is 26.2 Å². The Hall–Kier alpha value is -0.610. The van der Waals surface area contributed by atoms with Gasteiger partial charge in [-0.3, -0.25) is 4.79 Å². The maximum atomic E-state index is 12.7. The van der Waals surface area contributed by atoms with Crippen LogP contribution in [0, 0.1) is 0 Å². The molecule has 1 aliphatic carbocycles. The molecule has 2 N–H and O–H groups in total. The number of hydrogen-bond donors (Lipinski definition) is 1. The van der Waals surface area contributed by atoms with Crippen LogP contribution in [0.1, 0.15) is 58.3 Å². The molecule has 0 bridgehead atoms. The van der Waals surface area contributed by atoms with Gasteiger partial charge in [0.25, 0.3) is 0 Å². The molecule has 0 aromatic carbocycles. The van der Waals surface area contributed by atoms with Gasteiger partial charge in [0.2, 0.25) is 5.91 Å². The highest BCUT2D eigenvalue weighted by Gasteiger charge is 2.34. The van der Waals surface area contributed by atoms with Crippen molar-refractivity contribution in [3.8, 4) is 0 Å². The Kier molecular flexibility index (Phi) is 5.44. The summed E-state index contributed by atoms with van der Waals surface area (Å²) >= 11 is 0. The maximum Gasteiger partial charge on any atom is 0.224 e. The lowest BCUT2D eigenvalue weighted by Gasteiger charge is -2.37. The molecular weight excluding hydrogens is 250 g/mol. The fourth-order valence-corrected chi connectivity index (χ4v) is 3.76. The first-order valence-electron chi connectivity index (χ1n) is 8.31. The van der Waals surface area contributed by atoms with E-state index in [1.54, 1.807) is 0 Å². The molecule has 2 aliphatic rings. The van der Waals surface area contributed by atoms with Gasteiger partial charge in [-0.15, -0.1) is 0 Å². The number of carbonyl (C=O) groups is 1. The molecule has 0 radical (unpaired) electrons. The first-order valence-corrected chi connectivity index (χ1v) is 8.31. The van der Waals surface area contributed by atoms with Crippen LogP contribution in [0.3, 0.4) is 0 Å². The van der Waals surface area contributed by atoms with Gasteiger partial charge in [0.05, 0.1) is 0 Å². The van der Waals surface area contributed by atoms with Crippen molar-refractivity contribution in [1.82, 2.24) is 9.80 Å². The second kappa shape index (κ2) is 6.90. The number of carbonyl (C=O) groups excluding carboxylic acids is 1. The Morgan fingerprint density at radius 1 is 1.20 bits per heavy atom. The van der Waals surface area contributed by atoms with Crippen LogP contribution in [0.2, 0.25) is 0 Å². The number of nitrogens with zero attached hydrogens (tertiary/aromatic N) is 2. The molecular formula is C16H31N3O. The molecule has 1 unspecified atom stereocenters. The predicted octanol–water partition coefficient (Wildman–Crippen LogP) is 1.98. The van der Waals surface area contributed by atoms with Crippen molar-refractivity contribution in [2.24, 2.45) is 5.73 Å².